The van der Waals surface area contributed by atoms with Crippen LogP contribution >= 0.6 is 15.9 Å². The fraction of sp³-hybridized carbons (Fsp3) is 0.643. The molecule has 0 bridgehead atoms. The van der Waals surface area contributed by atoms with Gasteiger partial charge in [-0.05, 0) is 47.7 Å². The van der Waals surface area contributed by atoms with Gasteiger partial charge in [-0.3, -0.25) is 4.79 Å². The monoisotopic (exact) mass is 328 g/mol. The number of ether oxygens (including phenoxy) is 1. The van der Waals surface area contributed by atoms with Crippen LogP contribution < -0.4 is 0 Å². The first kappa shape index (κ1) is 14.6. The second-order valence-corrected chi connectivity index (χ2v) is 5.99. The number of hydrogen-bond acceptors (Lipinski definition) is 2. The summed E-state index contributed by atoms with van der Waals surface area (Å²) in [5, 5.41) is 0. The minimum absolute atomic E-state index is 0.0963. The fourth-order valence-electron chi connectivity index (χ4n) is 2.51. The lowest BCUT2D eigenvalue weighted by atomic mass is 10.00. The topological polar surface area (TPSA) is 34.5 Å². The molecule has 0 aromatic carbocycles. The standard InChI is InChI=1S/C14H21BrN2O2/c1-3-17-10-12(15)8-13(17)14(18)16(2)9-11-4-6-19-7-5-11/h8,10-11H,3-7,9H2,1-2H3. The molecule has 0 aliphatic carbocycles. The molecule has 0 unspecified atom stereocenters. The van der Waals surface area contributed by atoms with E-state index in [1.807, 2.05) is 35.7 Å². The van der Waals surface area contributed by atoms with Crippen LogP contribution in [-0.4, -0.2) is 42.2 Å². The van der Waals surface area contributed by atoms with Crippen LogP contribution in [0.1, 0.15) is 30.3 Å². The molecule has 2 heterocycles. The summed E-state index contributed by atoms with van der Waals surface area (Å²) < 4.78 is 8.29. The third-order valence-corrected chi connectivity index (χ3v) is 4.08. The van der Waals surface area contributed by atoms with Crippen molar-refractivity contribution in [3.63, 3.8) is 0 Å². The second-order valence-electron chi connectivity index (χ2n) is 5.07. The molecule has 1 aromatic rings. The molecule has 1 amide bonds. The predicted octanol–water partition coefficient (Wildman–Crippen LogP) is 2.77. The van der Waals surface area contributed by atoms with E-state index in [0.29, 0.717) is 5.92 Å². The van der Waals surface area contributed by atoms with E-state index in [1.165, 1.54) is 0 Å². The molecule has 1 aliphatic rings. The Labute approximate surface area is 122 Å². The lowest BCUT2D eigenvalue weighted by Gasteiger charge is -2.27. The van der Waals surface area contributed by atoms with Gasteiger partial charge in [-0.15, -0.1) is 0 Å². The number of amides is 1. The van der Waals surface area contributed by atoms with Gasteiger partial charge in [-0.2, -0.15) is 0 Å². The van der Waals surface area contributed by atoms with Gasteiger partial charge in [0, 0.05) is 44.0 Å². The highest BCUT2D eigenvalue weighted by molar-refractivity contribution is 9.10. The normalized spacial score (nSPS) is 16.6. The Kier molecular flexibility index (Phi) is 5.05. The van der Waals surface area contributed by atoms with Gasteiger partial charge in [0.15, 0.2) is 0 Å². The molecule has 1 aromatic heterocycles. The van der Waals surface area contributed by atoms with Gasteiger partial charge in [0.25, 0.3) is 5.91 Å². The van der Waals surface area contributed by atoms with E-state index in [-0.39, 0.29) is 5.91 Å². The number of carbonyl (C=O) groups excluding carboxylic acids is 1. The van der Waals surface area contributed by atoms with E-state index in [2.05, 4.69) is 15.9 Å². The average molecular weight is 329 g/mol. The van der Waals surface area contributed by atoms with Crippen LogP contribution in [0.15, 0.2) is 16.7 Å². The molecular weight excluding hydrogens is 308 g/mol. The number of nitrogens with zero attached hydrogens (tertiary/aromatic N) is 2. The van der Waals surface area contributed by atoms with Crippen molar-refractivity contribution in [2.75, 3.05) is 26.8 Å². The fourth-order valence-corrected chi connectivity index (χ4v) is 2.97. The Morgan fingerprint density at radius 2 is 2.21 bits per heavy atom. The molecule has 106 valence electrons. The number of aromatic nitrogens is 1. The molecule has 2 rings (SSSR count). The minimum atomic E-state index is 0.0963. The molecule has 0 spiro atoms. The maximum Gasteiger partial charge on any atom is 0.270 e. The summed E-state index contributed by atoms with van der Waals surface area (Å²) >= 11 is 3.43. The summed E-state index contributed by atoms with van der Waals surface area (Å²) in [5.41, 5.74) is 0.754. The van der Waals surface area contributed by atoms with Gasteiger partial charge in [0.2, 0.25) is 0 Å². The third-order valence-electron chi connectivity index (χ3n) is 3.64. The number of halogens is 1. The number of aryl methyl sites for hydroxylation is 1. The van der Waals surface area contributed by atoms with Gasteiger partial charge in [-0.1, -0.05) is 0 Å². The Balaban J connectivity index is 2.01. The van der Waals surface area contributed by atoms with Gasteiger partial charge in [0.05, 0.1) is 0 Å². The van der Waals surface area contributed by atoms with Crippen LogP contribution in [0.25, 0.3) is 0 Å². The first-order valence-electron chi connectivity index (χ1n) is 6.80. The van der Waals surface area contributed by atoms with Crippen LogP contribution in [0, 0.1) is 5.92 Å². The molecule has 19 heavy (non-hydrogen) atoms. The molecular formula is C14H21BrN2O2. The second kappa shape index (κ2) is 6.57. The number of rotatable bonds is 4. The van der Waals surface area contributed by atoms with Crippen molar-refractivity contribution in [2.45, 2.75) is 26.3 Å². The molecule has 1 aliphatic heterocycles. The van der Waals surface area contributed by atoms with Gasteiger partial charge in [0.1, 0.15) is 5.69 Å². The van der Waals surface area contributed by atoms with E-state index in [4.69, 9.17) is 4.74 Å². The zero-order valence-electron chi connectivity index (χ0n) is 11.6. The van der Waals surface area contributed by atoms with Crippen LogP contribution in [0.3, 0.4) is 0 Å². The van der Waals surface area contributed by atoms with E-state index in [0.717, 1.165) is 49.3 Å². The molecule has 0 N–H and O–H groups in total. The Morgan fingerprint density at radius 3 is 2.84 bits per heavy atom. The molecule has 4 nitrogen and oxygen atoms in total. The molecule has 0 saturated carbocycles. The van der Waals surface area contributed by atoms with Crippen LogP contribution in [0.4, 0.5) is 0 Å². The molecule has 1 fully saturated rings. The highest BCUT2D eigenvalue weighted by Gasteiger charge is 2.21. The maximum absolute atomic E-state index is 12.5. The predicted molar refractivity (Wildman–Crippen MR) is 78.3 cm³/mol. The van der Waals surface area contributed by atoms with Crippen molar-refractivity contribution in [3.05, 3.63) is 22.4 Å². The van der Waals surface area contributed by atoms with E-state index >= 15 is 0 Å². The summed E-state index contributed by atoms with van der Waals surface area (Å²) in [5.74, 6) is 0.662. The SMILES string of the molecule is CCn1cc(Br)cc1C(=O)N(C)CC1CCOCC1. The molecule has 0 radical (unpaired) electrons. The number of carbonyl (C=O) groups is 1. The van der Waals surface area contributed by atoms with Crippen molar-refractivity contribution in [2.24, 2.45) is 5.92 Å². The largest absolute Gasteiger partial charge is 0.381 e. The first-order chi connectivity index (χ1) is 9.11. The van der Waals surface area contributed by atoms with Crippen molar-refractivity contribution in [1.82, 2.24) is 9.47 Å². The summed E-state index contributed by atoms with van der Waals surface area (Å²) in [6.45, 7) is 5.31. The van der Waals surface area contributed by atoms with Gasteiger partial charge in [-0.25, -0.2) is 0 Å². The Bertz CT molecular complexity index is 439. The highest BCUT2D eigenvalue weighted by atomic mass is 79.9. The third kappa shape index (κ3) is 3.60. The zero-order chi connectivity index (χ0) is 13.8. The van der Waals surface area contributed by atoms with Gasteiger partial charge >= 0.3 is 0 Å². The Hall–Kier alpha value is -0.810. The smallest absolute Gasteiger partial charge is 0.270 e. The van der Waals surface area contributed by atoms with Crippen LogP contribution in [-0.2, 0) is 11.3 Å². The summed E-state index contributed by atoms with van der Waals surface area (Å²) in [6.07, 6.45) is 4.06. The minimum Gasteiger partial charge on any atom is -0.381 e. The zero-order valence-corrected chi connectivity index (χ0v) is 13.1. The van der Waals surface area contributed by atoms with Crippen LogP contribution in [0.5, 0.6) is 0 Å². The summed E-state index contributed by atoms with van der Waals surface area (Å²) in [6, 6.07) is 1.90. The Morgan fingerprint density at radius 1 is 1.53 bits per heavy atom. The quantitative estimate of drug-likeness (QED) is 0.851. The lowest BCUT2D eigenvalue weighted by molar-refractivity contribution is 0.0493. The van der Waals surface area contributed by atoms with Crippen molar-refractivity contribution in [3.8, 4) is 0 Å². The van der Waals surface area contributed by atoms with E-state index in [1.54, 1.807) is 0 Å². The highest BCUT2D eigenvalue weighted by Crippen LogP contribution is 2.19. The first-order valence-corrected chi connectivity index (χ1v) is 7.60. The van der Waals surface area contributed by atoms with Crippen molar-refractivity contribution in [1.29, 1.82) is 0 Å². The molecule has 1 saturated heterocycles. The lowest BCUT2D eigenvalue weighted by Crippen LogP contribution is -2.35. The van der Waals surface area contributed by atoms with Crippen molar-refractivity contribution < 1.29 is 9.53 Å². The van der Waals surface area contributed by atoms with Gasteiger partial charge < -0.3 is 14.2 Å². The molecule has 5 heteroatoms. The summed E-state index contributed by atoms with van der Waals surface area (Å²) in [7, 11) is 1.89. The number of hydrogen-bond donors (Lipinski definition) is 0. The van der Waals surface area contributed by atoms with Crippen molar-refractivity contribution >= 4 is 21.8 Å². The van der Waals surface area contributed by atoms with E-state index < -0.39 is 0 Å². The summed E-state index contributed by atoms with van der Waals surface area (Å²) in [4.78, 5) is 14.3. The van der Waals surface area contributed by atoms with E-state index in [9.17, 15) is 4.79 Å². The average Bonchev–Trinajstić information content (AvgIpc) is 2.80. The van der Waals surface area contributed by atoms with Crippen LogP contribution in [0.2, 0.25) is 0 Å². The molecule has 0 atom stereocenters. The maximum atomic E-state index is 12.5.